The summed E-state index contributed by atoms with van der Waals surface area (Å²) in [4.78, 5) is 17.6. The summed E-state index contributed by atoms with van der Waals surface area (Å²) in [6, 6.07) is 11.7. The minimum Gasteiger partial charge on any atom is -0.323 e. The molecule has 7 nitrogen and oxygen atoms in total. The number of H-pyrrole nitrogens is 1. The van der Waals surface area contributed by atoms with Crippen LogP contribution < -0.4 is 5.43 Å². The number of anilines is 1. The standard InChI is InChI=1S/C14H10ClN5O2/c15-11-6-5-10(20(21)22)7-9(11)8-16-19-14-17-12-3-1-2-4-13(12)18-14/h1-8H,(H2,17,18,19)/b16-8-. The van der Waals surface area contributed by atoms with Gasteiger partial charge in [0.1, 0.15) is 0 Å². The zero-order valence-corrected chi connectivity index (χ0v) is 11.9. The fourth-order valence-corrected chi connectivity index (χ4v) is 2.08. The van der Waals surface area contributed by atoms with Gasteiger partial charge in [-0.2, -0.15) is 5.10 Å². The highest BCUT2D eigenvalue weighted by atomic mass is 35.5. The Balaban J connectivity index is 1.79. The number of hydrazone groups is 1. The Morgan fingerprint density at radius 2 is 2.14 bits per heavy atom. The van der Waals surface area contributed by atoms with E-state index in [1.807, 2.05) is 24.3 Å². The molecule has 0 aliphatic carbocycles. The summed E-state index contributed by atoms with van der Waals surface area (Å²) in [6.45, 7) is 0. The Morgan fingerprint density at radius 1 is 1.32 bits per heavy atom. The van der Waals surface area contributed by atoms with Gasteiger partial charge in [0.25, 0.3) is 5.69 Å². The van der Waals surface area contributed by atoms with E-state index < -0.39 is 4.92 Å². The van der Waals surface area contributed by atoms with Gasteiger partial charge in [-0.1, -0.05) is 23.7 Å². The van der Waals surface area contributed by atoms with Crippen molar-refractivity contribution in [2.24, 2.45) is 5.10 Å². The van der Waals surface area contributed by atoms with Crippen molar-refractivity contribution in [3.8, 4) is 0 Å². The van der Waals surface area contributed by atoms with Gasteiger partial charge in [0.05, 0.1) is 22.2 Å². The summed E-state index contributed by atoms with van der Waals surface area (Å²) in [5.74, 6) is 0.471. The summed E-state index contributed by atoms with van der Waals surface area (Å²) in [7, 11) is 0. The average molecular weight is 316 g/mol. The van der Waals surface area contributed by atoms with Crippen LogP contribution in [0.5, 0.6) is 0 Å². The number of fused-ring (bicyclic) bond motifs is 1. The average Bonchev–Trinajstić information content (AvgIpc) is 2.91. The van der Waals surface area contributed by atoms with Gasteiger partial charge in [-0.15, -0.1) is 0 Å². The fraction of sp³-hybridized carbons (Fsp3) is 0. The molecule has 3 aromatic rings. The molecular formula is C14H10ClN5O2. The van der Waals surface area contributed by atoms with Crippen molar-refractivity contribution in [1.29, 1.82) is 0 Å². The first-order valence-corrected chi connectivity index (χ1v) is 6.69. The molecule has 2 aromatic carbocycles. The molecule has 0 bridgehead atoms. The van der Waals surface area contributed by atoms with E-state index in [9.17, 15) is 10.1 Å². The second kappa shape index (κ2) is 5.82. The number of non-ortho nitro benzene ring substituents is 1. The predicted molar refractivity (Wildman–Crippen MR) is 85.4 cm³/mol. The molecule has 0 aliphatic heterocycles. The maximum atomic E-state index is 10.7. The summed E-state index contributed by atoms with van der Waals surface area (Å²) in [5.41, 5.74) is 4.83. The third-order valence-electron chi connectivity index (χ3n) is 2.95. The number of hydrogen-bond acceptors (Lipinski definition) is 5. The van der Waals surface area contributed by atoms with Crippen LogP contribution in [0.15, 0.2) is 47.6 Å². The van der Waals surface area contributed by atoms with E-state index in [1.165, 1.54) is 24.4 Å². The lowest BCUT2D eigenvalue weighted by molar-refractivity contribution is -0.384. The number of nitrogens with one attached hydrogen (secondary N) is 2. The first kappa shape index (κ1) is 14.0. The second-order valence-electron chi connectivity index (χ2n) is 4.44. The van der Waals surface area contributed by atoms with Gasteiger partial charge in [-0.3, -0.25) is 10.1 Å². The number of nitro benzene ring substituents is 1. The summed E-state index contributed by atoms with van der Waals surface area (Å²) >= 11 is 5.98. The second-order valence-corrected chi connectivity index (χ2v) is 4.84. The van der Waals surface area contributed by atoms with E-state index in [4.69, 9.17) is 11.6 Å². The Morgan fingerprint density at radius 3 is 2.91 bits per heavy atom. The van der Waals surface area contributed by atoms with Gasteiger partial charge in [-0.05, 0) is 18.2 Å². The van der Waals surface area contributed by atoms with Gasteiger partial charge in [0.2, 0.25) is 5.95 Å². The van der Waals surface area contributed by atoms with E-state index in [0.717, 1.165) is 11.0 Å². The molecule has 1 aromatic heterocycles. The van der Waals surface area contributed by atoms with Gasteiger partial charge >= 0.3 is 0 Å². The number of nitrogens with zero attached hydrogens (tertiary/aromatic N) is 3. The maximum Gasteiger partial charge on any atom is 0.270 e. The van der Waals surface area contributed by atoms with Gasteiger partial charge in [0, 0.05) is 22.7 Å². The molecule has 0 saturated heterocycles. The lowest BCUT2D eigenvalue weighted by atomic mass is 10.2. The van der Waals surface area contributed by atoms with Crippen LogP contribution in [0.1, 0.15) is 5.56 Å². The number of aromatic amines is 1. The third kappa shape index (κ3) is 2.89. The van der Waals surface area contributed by atoms with Crippen molar-refractivity contribution in [3.05, 3.63) is 63.2 Å². The number of para-hydroxylation sites is 2. The van der Waals surface area contributed by atoms with Crippen LogP contribution in [0.2, 0.25) is 5.02 Å². The number of hydrogen-bond donors (Lipinski definition) is 2. The topological polar surface area (TPSA) is 96.2 Å². The number of benzene rings is 2. The molecule has 0 spiro atoms. The highest BCUT2D eigenvalue weighted by molar-refractivity contribution is 6.33. The first-order valence-electron chi connectivity index (χ1n) is 6.31. The first-order chi connectivity index (χ1) is 10.6. The zero-order valence-electron chi connectivity index (χ0n) is 11.2. The van der Waals surface area contributed by atoms with E-state index in [-0.39, 0.29) is 5.69 Å². The van der Waals surface area contributed by atoms with Crippen LogP contribution in [0.3, 0.4) is 0 Å². The Bertz CT molecular complexity index is 842. The van der Waals surface area contributed by atoms with Crippen LogP contribution in [0.4, 0.5) is 11.6 Å². The van der Waals surface area contributed by atoms with Gasteiger partial charge in [-0.25, -0.2) is 10.4 Å². The minimum atomic E-state index is -0.486. The van der Waals surface area contributed by atoms with Crippen molar-refractivity contribution < 1.29 is 4.92 Å². The van der Waals surface area contributed by atoms with E-state index in [1.54, 1.807) is 0 Å². The molecule has 0 radical (unpaired) electrons. The lowest BCUT2D eigenvalue weighted by Gasteiger charge is -1.98. The summed E-state index contributed by atoms with van der Waals surface area (Å²) < 4.78 is 0. The molecule has 3 rings (SSSR count). The van der Waals surface area contributed by atoms with Crippen molar-refractivity contribution in [2.45, 2.75) is 0 Å². The lowest BCUT2D eigenvalue weighted by Crippen LogP contribution is -1.94. The third-order valence-corrected chi connectivity index (χ3v) is 3.30. The smallest absolute Gasteiger partial charge is 0.270 e. The fourth-order valence-electron chi connectivity index (χ4n) is 1.91. The van der Waals surface area contributed by atoms with Crippen LogP contribution in [-0.2, 0) is 0 Å². The molecule has 1 heterocycles. The van der Waals surface area contributed by atoms with E-state index in [2.05, 4.69) is 20.5 Å². The van der Waals surface area contributed by atoms with Crippen molar-refractivity contribution in [3.63, 3.8) is 0 Å². The SMILES string of the molecule is O=[N+]([O-])c1ccc(Cl)c(/C=N\Nc2nc3ccccc3[nH]2)c1. The Labute approximate surface area is 129 Å². The molecular weight excluding hydrogens is 306 g/mol. The molecule has 0 amide bonds. The molecule has 0 aliphatic rings. The molecule has 0 atom stereocenters. The quantitative estimate of drug-likeness (QED) is 0.437. The van der Waals surface area contributed by atoms with Crippen LogP contribution in [0.25, 0.3) is 11.0 Å². The zero-order chi connectivity index (χ0) is 15.5. The minimum absolute atomic E-state index is 0.0467. The number of imidazole rings is 1. The van der Waals surface area contributed by atoms with Gasteiger partial charge < -0.3 is 4.98 Å². The van der Waals surface area contributed by atoms with E-state index >= 15 is 0 Å². The van der Waals surface area contributed by atoms with Crippen LogP contribution in [0, 0.1) is 10.1 Å². The molecule has 8 heteroatoms. The predicted octanol–water partition coefficient (Wildman–Crippen LogP) is 3.57. The molecule has 0 unspecified atom stereocenters. The number of aromatic nitrogens is 2. The van der Waals surface area contributed by atoms with Crippen LogP contribution >= 0.6 is 11.6 Å². The number of halogens is 1. The Kier molecular flexibility index (Phi) is 3.71. The number of rotatable bonds is 4. The highest BCUT2D eigenvalue weighted by Gasteiger charge is 2.08. The molecule has 2 N–H and O–H groups in total. The molecule has 110 valence electrons. The van der Waals surface area contributed by atoms with Crippen molar-refractivity contribution >= 4 is 40.5 Å². The normalized spacial score (nSPS) is 11.1. The monoisotopic (exact) mass is 315 g/mol. The summed E-state index contributed by atoms with van der Waals surface area (Å²) in [6.07, 6.45) is 1.41. The largest absolute Gasteiger partial charge is 0.323 e. The van der Waals surface area contributed by atoms with Crippen LogP contribution in [-0.4, -0.2) is 21.1 Å². The highest BCUT2D eigenvalue weighted by Crippen LogP contribution is 2.20. The Hall–Kier alpha value is -2.93. The van der Waals surface area contributed by atoms with Crippen molar-refractivity contribution in [1.82, 2.24) is 9.97 Å². The van der Waals surface area contributed by atoms with Gasteiger partial charge in [0.15, 0.2) is 0 Å². The number of nitro groups is 1. The maximum absolute atomic E-state index is 10.7. The molecule has 22 heavy (non-hydrogen) atoms. The molecule has 0 saturated carbocycles. The molecule has 0 fully saturated rings. The van der Waals surface area contributed by atoms with Crippen molar-refractivity contribution in [2.75, 3.05) is 5.43 Å². The summed E-state index contributed by atoms with van der Waals surface area (Å²) in [5, 5.41) is 15.1. The van der Waals surface area contributed by atoms with E-state index in [0.29, 0.717) is 16.5 Å².